The summed E-state index contributed by atoms with van der Waals surface area (Å²) >= 11 is 0. The van der Waals surface area contributed by atoms with Gasteiger partial charge in [0.1, 0.15) is 0 Å². The molecule has 2 fully saturated rings. The lowest BCUT2D eigenvalue weighted by atomic mass is 9.94. The Hall–Kier alpha value is -2.67. The van der Waals surface area contributed by atoms with Crippen LogP contribution in [0.1, 0.15) is 24.0 Å². The number of pyridine rings is 1. The summed E-state index contributed by atoms with van der Waals surface area (Å²) in [5, 5.41) is 0.933. The van der Waals surface area contributed by atoms with Crippen LogP contribution < -0.4 is 5.56 Å². The number of nitrogens with zero attached hydrogens (tertiary/aromatic N) is 2. The lowest BCUT2D eigenvalue weighted by molar-refractivity contribution is -0.143. The van der Waals surface area contributed by atoms with E-state index in [9.17, 15) is 14.4 Å². The third kappa shape index (κ3) is 4.34. The zero-order chi connectivity index (χ0) is 20.4. The number of rotatable bonds is 3. The predicted molar refractivity (Wildman–Crippen MR) is 110 cm³/mol. The smallest absolute Gasteiger partial charge is 0.251 e. The number of aromatic amines is 1. The molecule has 0 spiro atoms. The largest absolute Gasteiger partial charge is 0.378 e. The van der Waals surface area contributed by atoms with Gasteiger partial charge in [-0.05, 0) is 48.9 Å². The van der Waals surface area contributed by atoms with Gasteiger partial charge in [-0.2, -0.15) is 0 Å². The standard InChI is InChI=1S/C22H27N3O4/c1-15-12-18-13-16(2-3-19(18)23-21(15)27)14-20(26)24-6-4-17(5-7-24)22(28)25-8-10-29-11-9-25/h2-3,12-13,17H,4-11,14H2,1H3,(H,23,27). The molecule has 0 unspecified atom stereocenters. The van der Waals surface area contributed by atoms with Crippen LogP contribution in [0.2, 0.25) is 0 Å². The van der Waals surface area contributed by atoms with Crippen LogP contribution in [0, 0.1) is 12.8 Å². The second-order valence-electron chi connectivity index (χ2n) is 7.97. The van der Waals surface area contributed by atoms with Crippen molar-refractivity contribution >= 4 is 22.7 Å². The number of ether oxygens (including phenoxy) is 1. The molecule has 2 saturated heterocycles. The van der Waals surface area contributed by atoms with Gasteiger partial charge in [-0.1, -0.05) is 6.07 Å². The average Bonchev–Trinajstić information content (AvgIpc) is 2.75. The Bertz CT molecular complexity index is 970. The zero-order valence-corrected chi connectivity index (χ0v) is 16.8. The molecule has 2 aliphatic heterocycles. The van der Waals surface area contributed by atoms with Gasteiger partial charge in [-0.25, -0.2) is 0 Å². The van der Waals surface area contributed by atoms with Crippen LogP contribution in [0.3, 0.4) is 0 Å². The normalized spacial score (nSPS) is 18.2. The van der Waals surface area contributed by atoms with Crippen molar-refractivity contribution < 1.29 is 14.3 Å². The highest BCUT2D eigenvalue weighted by Crippen LogP contribution is 2.22. The summed E-state index contributed by atoms with van der Waals surface area (Å²) in [7, 11) is 0. The van der Waals surface area contributed by atoms with Crippen molar-refractivity contribution in [1.82, 2.24) is 14.8 Å². The maximum absolute atomic E-state index is 12.8. The number of benzene rings is 1. The van der Waals surface area contributed by atoms with Crippen LogP contribution in [-0.4, -0.2) is 66.0 Å². The maximum atomic E-state index is 12.8. The number of hydrogen-bond acceptors (Lipinski definition) is 4. The van der Waals surface area contributed by atoms with E-state index in [0.717, 1.165) is 29.3 Å². The number of morpholine rings is 1. The molecule has 1 aromatic heterocycles. The summed E-state index contributed by atoms with van der Waals surface area (Å²) in [6.45, 7) is 5.59. The third-order valence-corrected chi connectivity index (χ3v) is 5.97. The van der Waals surface area contributed by atoms with E-state index in [1.807, 2.05) is 34.1 Å². The van der Waals surface area contributed by atoms with Gasteiger partial charge in [-0.15, -0.1) is 0 Å². The minimum Gasteiger partial charge on any atom is -0.378 e. The fraction of sp³-hybridized carbons (Fsp3) is 0.500. The van der Waals surface area contributed by atoms with E-state index in [0.29, 0.717) is 51.4 Å². The molecule has 7 heteroatoms. The summed E-state index contributed by atoms with van der Waals surface area (Å²) in [5.41, 5.74) is 2.28. The molecule has 2 amide bonds. The van der Waals surface area contributed by atoms with Gasteiger partial charge in [0.2, 0.25) is 11.8 Å². The van der Waals surface area contributed by atoms with E-state index in [1.165, 1.54) is 0 Å². The summed E-state index contributed by atoms with van der Waals surface area (Å²) in [4.78, 5) is 43.7. The molecule has 3 heterocycles. The Morgan fingerprint density at radius 3 is 2.52 bits per heavy atom. The Balaban J connectivity index is 1.35. The van der Waals surface area contributed by atoms with E-state index in [-0.39, 0.29) is 23.3 Å². The number of carbonyl (C=O) groups excluding carboxylic acids is 2. The van der Waals surface area contributed by atoms with Crippen LogP contribution >= 0.6 is 0 Å². The number of likely N-dealkylation sites (tertiary alicyclic amines) is 1. The van der Waals surface area contributed by atoms with E-state index < -0.39 is 0 Å². The van der Waals surface area contributed by atoms with Gasteiger partial charge in [0.25, 0.3) is 5.56 Å². The second kappa shape index (κ2) is 8.37. The van der Waals surface area contributed by atoms with E-state index in [1.54, 1.807) is 6.92 Å². The van der Waals surface area contributed by atoms with E-state index in [2.05, 4.69) is 4.98 Å². The Labute approximate surface area is 169 Å². The molecule has 1 aromatic carbocycles. The minimum atomic E-state index is -0.0872. The predicted octanol–water partition coefficient (Wildman–Crippen LogP) is 1.48. The van der Waals surface area contributed by atoms with Crippen molar-refractivity contribution in [3.63, 3.8) is 0 Å². The molecule has 2 aliphatic rings. The number of aromatic nitrogens is 1. The average molecular weight is 397 g/mol. The molecule has 7 nitrogen and oxygen atoms in total. The highest BCUT2D eigenvalue weighted by atomic mass is 16.5. The summed E-state index contributed by atoms with van der Waals surface area (Å²) in [6, 6.07) is 7.56. The SMILES string of the molecule is Cc1cc2cc(CC(=O)N3CCC(C(=O)N4CCOCC4)CC3)ccc2[nH]c1=O. The van der Waals surface area contributed by atoms with Crippen LogP contribution in [-0.2, 0) is 20.7 Å². The quantitative estimate of drug-likeness (QED) is 0.850. The van der Waals surface area contributed by atoms with Crippen LogP contribution in [0.25, 0.3) is 10.9 Å². The first-order valence-electron chi connectivity index (χ1n) is 10.3. The minimum absolute atomic E-state index is 0.0117. The van der Waals surface area contributed by atoms with Crippen LogP contribution in [0.15, 0.2) is 29.1 Å². The number of piperidine rings is 1. The van der Waals surface area contributed by atoms with E-state index in [4.69, 9.17) is 4.74 Å². The van der Waals surface area contributed by atoms with Crippen molar-refractivity contribution in [1.29, 1.82) is 0 Å². The topological polar surface area (TPSA) is 82.7 Å². The van der Waals surface area contributed by atoms with Crippen molar-refractivity contribution in [3.8, 4) is 0 Å². The van der Waals surface area contributed by atoms with Crippen molar-refractivity contribution in [3.05, 3.63) is 45.7 Å². The molecule has 1 N–H and O–H groups in total. The lowest BCUT2D eigenvalue weighted by Gasteiger charge is -2.35. The van der Waals surface area contributed by atoms with Gasteiger partial charge in [0.15, 0.2) is 0 Å². The summed E-state index contributed by atoms with van der Waals surface area (Å²) in [6.07, 6.45) is 1.77. The number of amides is 2. The number of fused-ring (bicyclic) bond motifs is 1. The van der Waals surface area contributed by atoms with Gasteiger partial charge in [-0.3, -0.25) is 14.4 Å². The first-order valence-corrected chi connectivity index (χ1v) is 10.3. The van der Waals surface area contributed by atoms with E-state index >= 15 is 0 Å². The van der Waals surface area contributed by atoms with Gasteiger partial charge in [0.05, 0.1) is 19.6 Å². The number of nitrogens with one attached hydrogen (secondary N) is 1. The number of H-pyrrole nitrogens is 1. The van der Waals surface area contributed by atoms with Gasteiger partial charge in [0, 0.05) is 43.2 Å². The monoisotopic (exact) mass is 397 g/mol. The van der Waals surface area contributed by atoms with Crippen molar-refractivity contribution in [2.45, 2.75) is 26.2 Å². The summed E-state index contributed by atoms with van der Waals surface area (Å²) in [5.74, 6) is 0.305. The highest BCUT2D eigenvalue weighted by Gasteiger charge is 2.30. The number of hydrogen-bond donors (Lipinski definition) is 1. The van der Waals surface area contributed by atoms with Crippen LogP contribution in [0.5, 0.6) is 0 Å². The molecule has 0 aliphatic carbocycles. The maximum Gasteiger partial charge on any atom is 0.251 e. The summed E-state index contributed by atoms with van der Waals surface area (Å²) < 4.78 is 5.32. The van der Waals surface area contributed by atoms with Gasteiger partial charge < -0.3 is 19.5 Å². The number of carbonyl (C=O) groups is 2. The fourth-order valence-electron chi connectivity index (χ4n) is 4.18. The highest BCUT2D eigenvalue weighted by molar-refractivity contribution is 5.84. The van der Waals surface area contributed by atoms with Gasteiger partial charge >= 0.3 is 0 Å². The second-order valence-corrected chi connectivity index (χ2v) is 7.97. The molecule has 29 heavy (non-hydrogen) atoms. The Morgan fingerprint density at radius 2 is 1.79 bits per heavy atom. The molecule has 0 bridgehead atoms. The molecule has 0 saturated carbocycles. The first kappa shape index (κ1) is 19.6. The van der Waals surface area contributed by atoms with Crippen molar-refractivity contribution in [2.24, 2.45) is 5.92 Å². The lowest BCUT2D eigenvalue weighted by Crippen LogP contribution is -2.47. The van der Waals surface area contributed by atoms with Crippen LogP contribution in [0.4, 0.5) is 0 Å². The molecule has 0 radical (unpaired) electrons. The Morgan fingerprint density at radius 1 is 1.07 bits per heavy atom. The molecule has 4 rings (SSSR count). The van der Waals surface area contributed by atoms with Crippen molar-refractivity contribution in [2.75, 3.05) is 39.4 Å². The number of aryl methyl sites for hydroxylation is 1. The fourth-order valence-corrected chi connectivity index (χ4v) is 4.18. The molecular formula is C22H27N3O4. The molecule has 154 valence electrons. The zero-order valence-electron chi connectivity index (χ0n) is 16.8. The molecular weight excluding hydrogens is 370 g/mol. The first-order chi connectivity index (χ1) is 14.0. The molecule has 2 aromatic rings. The molecule has 0 atom stereocenters. The third-order valence-electron chi connectivity index (χ3n) is 5.97. The Kier molecular flexibility index (Phi) is 5.67.